The number of para-hydroxylation sites is 1. The van der Waals surface area contributed by atoms with Crippen molar-refractivity contribution in [2.24, 2.45) is 5.11 Å². The van der Waals surface area contributed by atoms with E-state index in [4.69, 9.17) is 10.3 Å². The average molecular weight is 313 g/mol. The van der Waals surface area contributed by atoms with Gasteiger partial charge in [-0.15, -0.1) is 0 Å². The lowest BCUT2D eigenvalue weighted by molar-refractivity contribution is 0.122. The van der Waals surface area contributed by atoms with Gasteiger partial charge in [-0.25, -0.2) is 15.5 Å². The van der Waals surface area contributed by atoms with Crippen LogP contribution < -0.4 is 4.90 Å². The third-order valence-electron chi connectivity index (χ3n) is 3.82. The Kier molecular flexibility index (Phi) is 4.47. The van der Waals surface area contributed by atoms with Crippen LogP contribution in [0.5, 0.6) is 5.75 Å². The number of phenols is 1. The summed E-state index contributed by atoms with van der Waals surface area (Å²) in [4.78, 5) is 11.0. The van der Waals surface area contributed by atoms with E-state index in [1.165, 1.54) is 0 Å². The summed E-state index contributed by atoms with van der Waals surface area (Å²) in [6.45, 7) is 4.71. The first kappa shape index (κ1) is 15.4. The molecule has 7 heteroatoms. The van der Waals surface area contributed by atoms with Gasteiger partial charge in [-0.05, 0) is 13.0 Å². The first-order valence-corrected chi connectivity index (χ1v) is 7.52. The van der Waals surface area contributed by atoms with Crippen LogP contribution >= 0.6 is 0 Å². The van der Waals surface area contributed by atoms with E-state index in [0.717, 1.165) is 18.9 Å². The molecule has 1 aliphatic heterocycles. The third-order valence-corrected chi connectivity index (χ3v) is 3.82. The number of rotatable bonds is 4. The highest BCUT2D eigenvalue weighted by molar-refractivity contribution is 5.45. The molecular weight excluding hydrogens is 294 g/mol. The number of aromatic nitrogens is 2. The Hall–Kier alpha value is -2.54. The van der Waals surface area contributed by atoms with Gasteiger partial charge in [0.2, 0.25) is 0 Å². The molecule has 1 aromatic heterocycles. The van der Waals surface area contributed by atoms with Crippen molar-refractivity contribution >= 4 is 5.82 Å². The van der Waals surface area contributed by atoms with E-state index in [9.17, 15) is 5.11 Å². The Morgan fingerprint density at radius 1 is 1.26 bits per heavy atom. The van der Waals surface area contributed by atoms with Crippen LogP contribution in [0, 0.1) is 12.5 Å². The molecule has 3 rings (SSSR count). The zero-order chi connectivity index (χ0) is 16.2. The van der Waals surface area contributed by atoms with Gasteiger partial charge in [-0.2, -0.15) is 5.11 Å². The molecule has 1 fully saturated rings. The topological polar surface area (TPSA) is 94.7 Å². The van der Waals surface area contributed by atoms with Crippen LogP contribution in [-0.4, -0.2) is 41.4 Å². The molecule has 0 aliphatic carbocycles. The van der Waals surface area contributed by atoms with Crippen molar-refractivity contribution < 1.29 is 9.84 Å². The van der Waals surface area contributed by atoms with Gasteiger partial charge in [0.05, 0.1) is 18.9 Å². The molecule has 2 N–H and O–H groups in total. The summed E-state index contributed by atoms with van der Waals surface area (Å²) in [5.41, 5.74) is 8.71. The van der Waals surface area contributed by atoms with Gasteiger partial charge in [0.25, 0.3) is 0 Å². The van der Waals surface area contributed by atoms with Crippen LogP contribution in [0.4, 0.5) is 5.82 Å². The molecule has 0 bridgehead atoms. The van der Waals surface area contributed by atoms with Gasteiger partial charge >= 0.3 is 0 Å². The minimum absolute atomic E-state index is 0.109. The number of benzene rings is 1. The summed E-state index contributed by atoms with van der Waals surface area (Å²) in [6.07, 6.45) is 0. The Labute approximate surface area is 134 Å². The number of morpholine rings is 1. The highest BCUT2D eigenvalue weighted by atomic mass is 16.5. The van der Waals surface area contributed by atoms with Gasteiger partial charge in [-0.3, -0.25) is 0 Å². The molecule has 0 spiro atoms. The first-order valence-electron chi connectivity index (χ1n) is 7.52. The van der Waals surface area contributed by atoms with E-state index in [0.29, 0.717) is 30.3 Å². The standard InChI is InChI=1S/C16H19N5O2/c1-11-18-13(10-15(19-11)21-6-8-23-9-7-21)16(20-17)12-4-2-3-5-14(12)22/h2-5,10,16-17,22H,6-9H2,1H3. The summed E-state index contributed by atoms with van der Waals surface area (Å²) < 4.78 is 5.37. The molecule has 1 aliphatic rings. The maximum atomic E-state index is 10.0. The lowest BCUT2D eigenvalue weighted by atomic mass is 10.0. The quantitative estimate of drug-likeness (QED) is 0.845. The van der Waals surface area contributed by atoms with Crippen molar-refractivity contribution in [3.8, 4) is 5.75 Å². The van der Waals surface area contributed by atoms with Crippen LogP contribution in [0.2, 0.25) is 0 Å². The van der Waals surface area contributed by atoms with Gasteiger partial charge in [0.15, 0.2) is 0 Å². The Balaban J connectivity index is 1.99. The lowest BCUT2D eigenvalue weighted by Crippen LogP contribution is -2.37. The van der Waals surface area contributed by atoms with Crippen molar-refractivity contribution in [2.75, 3.05) is 31.2 Å². The SMILES string of the molecule is Cc1nc(C(N=N)c2ccccc2O)cc(N2CCOCC2)n1. The van der Waals surface area contributed by atoms with Gasteiger partial charge < -0.3 is 14.7 Å². The minimum atomic E-state index is -0.641. The van der Waals surface area contributed by atoms with Crippen LogP contribution in [0.3, 0.4) is 0 Å². The second-order valence-corrected chi connectivity index (χ2v) is 5.39. The molecule has 120 valence electrons. The maximum absolute atomic E-state index is 10.0. The van der Waals surface area contributed by atoms with Crippen molar-refractivity contribution in [2.45, 2.75) is 13.0 Å². The normalized spacial score (nSPS) is 16.1. The lowest BCUT2D eigenvalue weighted by Gasteiger charge is -2.28. The highest BCUT2D eigenvalue weighted by Crippen LogP contribution is 2.32. The molecule has 2 aromatic rings. The highest BCUT2D eigenvalue weighted by Gasteiger charge is 2.21. The van der Waals surface area contributed by atoms with Crippen molar-refractivity contribution in [3.63, 3.8) is 0 Å². The largest absolute Gasteiger partial charge is 0.508 e. The summed E-state index contributed by atoms with van der Waals surface area (Å²) in [5.74, 6) is 1.53. The molecule has 0 saturated carbocycles. The molecule has 1 saturated heterocycles. The van der Waals surface area contributed by atoms with Crippen LogP contribution in [0.1, 0.15) is 23.1 Å². The van der Waals surface area contributed by atoms with E-state index < -0.39 is 6.04 Å². The van der Waals surface area contributed by atoms with E-state index in [2.05, 4.69) is 20.0 Å². The molecule has 2 heterocycles. The third kappa shape index (κ3) is 3.29. The fourth-order valence-corrected chi connectivity index (χ4v) is 2.68. The van der Waals surface area contributed by atoms with E-state index in [1.807, 2.05) is 19.1 Å². The number of aryl methyl sites for hydroxylation is 1. The summed E-state index contributed by atoms with van der Waals surface area (Å²) in [5, 5.41) is 13.7. The van der Waals surface area contributed by atoms with Crippen LogP contribution in [-0.2, 0) is 4.74 Å². The Morgan fingerprint density at radius 3 is 2.70 bits per heavy atom. The number of hydrogen-bond acceptors (Lipinski definition) is 7. The van der Waals surface area contributed by atoms with E-state index in [-0.39, 0.29) is 5.75 Å². The van der Waals surface area contributed by atoms with Gasteiger partial charge in [-0.1, -0.05) is 18.2 Å². The van der Waals surface area contributed by atoms with E-state index in [1.54, 1.807) is 18.2 Å². The number of phenolic OH excluding ortho intramolecular Hbond substituents is 1. The fourth-order valence-electron chi connectivity index (χ4n) is 2.68. The number of ether oxygens (including phenoxy) is 1. The number of anilines is 1. The molecule has 1 aromatic carbocycles. The zero-order valence-corrected chi connectivity index (χ0v) is 12.9. The fraction of sp³-hybridized carbons (Fsp3) is 0.375. The predicted octanol–water partition coefficient (Wildman–Crippen LogP) is 2.45. The molecule has 0 radical (unpaired) electrons. The second kappa shape index (κ2) is 6.70. The van der Waals surface area contributed by atoms with Gasteiger partial charge in [0.1, 0.15) is 23.4 Å². The maximum Gasteiger partial charge on any atom is 0.141 e. The number of nitrogens with one attached hydrogen (secondary N) is 1. The summed E-state index contributed by atoms with van der Waals surface area (Å²) in [7, 11) is 0. The zero-order valence-electron chi connectivity index (χ0n) is 12.9. The monoisotopic (exact) mass is 313 g/mol. The van der Waals surface area contributed by atoms with Crippen molar-refractivity contribution in [3.05, 3.63) is 47.4 Å². The first-order chi connectivity index (χ1) is 11.2. The minimum Gasteiger partial charge on any atom is -0.508 e. The van der Waals surface area contributed by atoms with Crippen molar-refractivity contribution in [1.29, 1.82) is 5.53 Å². The molecule has 1 unspecified atom stereocenters. The van der Waals surface area contributed by atoms with Crippen LogP contribution in [0.25, 0.3) is 0 Å². The predicted molar refractivity (Wildman–Crippen MR) is 84.9 cm³/mol. The van der Waals surface area contributed by atoms with Crippen molar-refractivity contribution in [1.82, 2.24) is 9.97 Å². The molecule has 0 amide bonds. The summed E-state index contributed by atoms with van der Waals surface area (Å²) in [6, 6.07) is 8.09. The smallest absolute Gasteiger partial charge is 0.141 e. The average Bonchev–Trinajstić information content (AvgIpc) is 2.58. The summed E-state index contributed by atoms with van der Waals surface area (Å²) >= 11 is 0. The molecule has 1 atom stereocenters. The van der Waals surface area contributed by atoms with E-state index >= 15 is 0 Å². The molecule has 7 nitrogen and oxygen atoms in total. The molecule has 23 heavy (non-hydrogen) atoms. The number of nitrogens with zero attached hydrogens (tertiary/aromatic N) is 4. The Bertz CT molecular complexity index is 701. The van der Waals surface area contributed by atoms with Crippen LogP contribution in [0.15, 0.2) is 35.4 Å². The Morgan fingerprint density at radius 2 is 2.00 bits per heavy atom. The molecular formula is C16H19N5O2. The number of aromatic hydroxyl groups is 1. The number of hydrogen-bond donors (Lipinski definition) is 2. The van der Waals surface area contributed by atoms with Gasteiger partial charge in [0, 0.05) is 24.7 Å². The second-order valence-electron chi connectivity index (χ2n) is 5.39.